The molecule has 0 saturated heterocycles. The van der Waals surface area contributed by atoms with Crippen molar-refractivity contribution in [3.63, 3.8) is 0 Å². The summed E-state index contributed by atoms with van der Waals surface area (Å²) in [5.74, 6) is 0. The van der Waals surface area contributed by atoms with Gasteiger partial charge < -0.3 is 0 Å². The van der Waals surface area contributed by atoms with E-state index in [1.165, 1.54) is 5.56 Å². The number of hydrogen-bond donors (Lipinski definition) is 0. The summed E-state index contributed by atoms with van der Waals surface area (Å²) < 4.78 is 0. The fraction of sp³-hybridized carbons (Fsp3) is 0.214. The molecule has 1 aromatic heterocycles. The summed E-state index contributed by atoms with van der Waals surface area (Å²) in [6.45, 7) is 6.12. The number of aromatic nitrogens is 1. The van der Waals surface area contributed by atoms with E-state index in [2.05, 4.69) is 30.1 Å². The molecule has 0 saturated carbocycles. The lowest BCUT2D eigenvalue weighted by molar-refractivity contribution is 1.27. The van der Waals surface area contributed by atoms with E-state index < -0.39 is 0 Å². The monoisotopic (exact) mass is 231 g/mol. The molecule has 1 heterocycles. The van der Waals surface area contributed by atoms with Crippen LogP contribution in [0.2, 0.25) is 5.02 Å². The number of aryl methyl sites for hydroxylation is 3. The SMILES string of the molecule is Cc1ccnc(-c2cc(C)c(Cl)c(C)c2)c1. The molecule has 1 nitrogen and oxygen atoms in total. The Balaban J connectivity index is 2.57. The second-order valence-electron chi connectivity index (χ2n) is 4.14. The predicted octanol–water partition coefficient (Wildman–Crippen LogP) is 4.33. The molecule has 2 heteroatoms. The fourth-order valence-corrected chi connectivity index (χ4v) is 1.90. The van der Waals surface area contributed by atoms with Gasteiger partial charge >= 0.3 is 0 Å². The van der Waals surface area contributed by atoms with Crippen LogP contribution >= 0.6 is 11.6 Å². The van der Waals surface area contributed by atoms with Gasteiger partial charge in [0.2, 0.25) is 0 Å². The molecular weight excluding hydrogens is 218 g/mol. The van der Waals surface area contributed by atoms with Crippen LogP contribution < -0.4 is 0 Å². The van der Waals surface area contributed by atoms with Crippen LogP contribution in [-0.4, -0.2) is 4.98 Å². The fourth-order valence-electron chi connectivity index (χ4n) is 1.79. The molecule has 0 radical (unpaired) electrons. The zero-order chi connectivity index (χ0) is 11.7. The molecule has 0 atom stereocenters. The summed E-state index contributed by atoms with van der Waals surface area (Å²) in [6, 6.07) is 8.25. The Hall–Kier alpha value is -1.34. The van der Waals surface area contributed by atoms with Crippen molar-refractivity contribution in [1.29, 1.82) is 0 Å². The molecule has 2 aromatic rings. The first-order chi connectivity index (χ1) is 7.58. The molecule has 0 aliphatic rings. The highest BCUT2D eigenvalue weighted by molar-refractivity contribution is 6.32. The van der Waals surface area contributed by atoms with Crippen LogP contribution in [-0.2, 0) is 0 Å². The lowest BCUT2D eigenvalue weighted by Crippen LogP contribution is -1.88. The average molecular weight is 232 g/mol. The van der Waals surface area contributed by atoms with Gasteiger partial charge in [-0.3, -0.25) is 4.98 Å². The zero-order valence-electron chi connectivity index (χ0n) is 9.71. The second-order valence-corrected chi connectivity index (χ2v) is 4.52. The summed E-state index contributed by atoms with van der Waals surface area (Å²) in [5, 5.41) is 0.844. The third kappa shape index (κ3) is 2.10. The highest BCUT2D eigenvalue weighted by Crippen LogP contribution is 2.27. The van der Waals surface area contributed by atoms with Crippen LogP contribution in [0.1, 0.15) is 16.7 Å². The van der Waals surface area contributed by atoms with E-state index in [0.717, 1.165) is 27.4 Å². The highest BCUT2D eigenvalue weighted by atomic mass is 35.5. The van der Waals surface area contributed by atoms with Crippen molar-refractivity contribution in [3.8, 4) is 11.3 Å². The quantitative estimate of drug-likeness (QED) is 0.712. The molecular formula is C14H14ClN. The Morgan fingerprint density at radius 1 is 1.00 bits per heavy atom. The van der Waals surface area contributed by atoms with Gasteiger partial charge in [0.1, 0.15) is 0 Å². The second kappa shape index (κ2) is 4.26. The molecule has 0 N–H and O–H groups in total. The van der Waals surface area contributed by atoms with E-state index in [-0.39, 0.29) is 0 Å². The van der Waals surface area contributed by atoms with Crippen molar-refractivity contribution in [3.05, 3.63) is 52.2 Å². The maximum atomic E-state index is 6.15. The number of nitrogens with zero attached hydrogens (tertiary/aromatic N) is 1. The van der Waals surface area contributed by atoms with Gasteiger partial charge in [0.15, 0.2) is 0 Å². The van der Waals surface area contributed by atoms with E-state index in [1.54, 1.807) is 0 Å². The minimum Gasteiger partial charge on any atom is -0.256 e. The molecule has 1 aromatic carbocycles. The Morgan fingerprint density at radius 2 is 1.62 bits per heavy atom. The largest absolute Gasteiger partial charge is 0.256 e. The smallest absolute Gasteiger partial charge is 0.0704 e. The van der Waals surface area contributed by atoms with E-state index in [0.29, 0.717) is 0 Å². The molecule has 0 aliphatic heterocycles. The first kappa shape index (κ1) is 11.2. The van der Waals surface area contributed by atoms with Crippen LogP contribution in [0.5, 0.6) is 0 Å². The van der Waals surface area contributed by atoms with E-state index >= 15 is 0 Å². The number of pyridine rings is 1. The number of rotatable bonds is 1. The minimum absolute atomic E-state index is 0.844. The van der Waals surface area contributed by atoms with Gasteiger partial charge in [0.05, 0.1) is 5.69 Å². The number of hydrogen-bond acceptors (Lipinski definition) is 1. The summed E-state index contributed by atoms with van der Waals surface area (Å²) in [4.78, 5) is 4.38. The van der Waals surface area contributed by atoms with Gasteiger partial charge in [-0.2, -0.15) is 0 Å². The van der Waals surface area contributed by atoms with Crippen molar-refractivity contribution in [2.75, 3.05) is 0 Å². The Kier molecular flexibility index (Phi) is 2.97. The van der Waals surface area contributed by atoms with Crippen molar-refractivity contribution < 1.29 is 0 Å². The van der Waals surface area contributed by atoms with Crippen molar-refractivity contribution >= 4 is 11.6 Å². The van der Waals surface area contributed by atoms with Gasteiger partial charge in [-0.25, -0.2) is 0 Å². The Labute approximate surface area is 101 Å². The maximum absolute atomic E-state index is 6.15. The molecule has 16 heavy (non-hydrogen) atoms. The first-order valence-electron chi connectivity index (χ1n) is 5.27. The molecule has 0 amide bonds. The molecule has 0 unspecified atom stereocenters. The predicted molar refractivity (Wildman–Crippen MR) is 68.9 cm³/mol. The van der Waals surface area contributed by atoms with Crippen LogP contribution in [0, 0.1) is 20.8 Å². The van der Waals surface area contributed by atoms with Crippen LogP contribution in [0.15, 0.2) is 30.5 Å². The molecule has 82 valence electrons. The van der Waals surface area contributed by atoms with Gasteiger partial charge in [0.25, 0.3) is 0 Å². The van der Waals surface area contributed by atoms with E-state index in [9.17, 15) is 0 Å². The third-order valence-electron chi connectivity index (χ3n) is 2.65. The lowest BCUT2D eigenvalue weighted by atomic mass is 10.0. The van der Waals surface area contributed by atoms with Crippen molar-refractivity contribution in [2.24, 2.45) is 0 Å². The van der Waals surface area contributed by atoms with Crippen LogP contribution in [0.25, 0.3) is 11.3 Å². The van der Waals surface area contributed by atoms with Gasteiger partial charge in [-0.1, -0.05) is 11.6 Å². The topological polar surface area (TPSA) is 12.9 Å². The first-order valence-corrected chi connectivity index (χ1v) is 5.65. The normalized spacial score (nSPS) is 10.5. The van der Waals surface area contributed by atoms with Gasteiger partial charge in [-0.15, -0.1) is 0 Å². The van der Waals surface area contributed by atoms with Gasteiger partial charge in [-0.05, 0) is 61.7 Å². The lowest BCUT2D eigenvalue weighted by Gasteiger charge is -2.07. The molecule has 0 bridgehead atoms. The Morgan fingerprint density at radius 3 is 2.19 bits per heavy atom. The van der Waals surface area contributed by atoms with Crippen LogP contribution in [0.3, 0.4) is 0 Å². The minimum atomic E-state index is 0.844. The molecule has 0 fully saturated rings. The zero-order valence-corrected chi connectivity index (χ0v) is 10.5. The molecule has 2 rings (SSSR count). The number of halogens is 1. The third-order valence-corrected chi connectivity index (χ3v) is 3.24. The highest BCUT2D eigenvalue weighted by Gasteiger charge is 2.05. The average Bonchev–Trinajstić information content (AvgIpc) is 2.25. The van der Waals surface area contributed by atoms with Crippen molar-refractivity contribution in [1.82, 2.24) is 4.98 Å². The summed E-state index contributed by atoms with van der Waals surface area (Å²) in [7, 11) is 0. The summed E-state index contributed by atoms with van der Waals surface area (Å²) in [5.41, 5.74) is 5.54. The van der Waals surface area contributed by atoms with Gasteiger partial charge in [0, 0.05) is 16.8 Å². The van der Waals surface area contributed by atoms with E-state index in [4.69, 9.17) is 11.6 Å². The summed E-state index contributed by atoms with van der Waals surface area (Å²) in [6.07, 6.45) is 1.84. The summed E-state index contributed by atoms with van der Waals surface area (Å²) >= 11 is 6.15. The maximum Gasteiger partial charge on any atom is 0.0704 e. The number of benzene rings is 1. The molecule has 0 aliphatic carbocycles. The molecule has 0 spiro atoms. The standard InChI is InChI=1S/C14H14ClN/c1-9-4-5-16-13(6-9)12-7-10(2)14(15)11(3)8-12/h4-8H,1-3H3. The van der Waals surface area contributed by atoms with Crippen molar-refractivity contribution in [2.45, 2.75) is 20.8 Å². The van der Waals surface area contributed by atoms with Crippen LogP contribution in [0.4, 0.5) is 0 Å². The Bertz CT molecular complexity index is 509. The van der Waals surface area contributed by atoms with E-state index in [1.807, 2.05) is 26.1 Å².